The van der Waals surface area contributed by atoms with Crippen LogP contribution in [-0.2, 0) is 19.1 Å². The highest BCUT2D eigenvalue weighted by molar-refractivity contribution is 6.14. The van der Waals surface area contributed by atoms with Gasteiger partial charge in [0.15, 0.2) is 6.04 Å². The lowest BCUT2D eigenvalue weighted by molar-refractivity contribution is -0.157. The van der Waals surface area contributed by atoms with E-state index in [0.29, 0.717) is 4.90 Å². The lowest BCUT2D eigenvalue weighted by atomic mass is 10.2. The maximum atomic E-state index is 11.1. The molecule has 2 amide bonds. The minimum Gasteiger partial charge on any atom is -0.467 e. The molecule has 1 atom stereocenters. The van der Waals surface area contributed by atoms with Crippen molar-refractivity contribution < 1.29 is 24.2 Å². The summed E-state index contributed by atoms with van der Waals surface area (Å²) in [6.45, 7) is -0.647. The number of aliphatic hydroxyl groups excluding tert-OH is 1. The molecule has 1 unspecified atom stereocenters. The van der Waals surface area contributed by atoms with Crippen molar-refractivity contribution >= 4 is 17.8 Å². The number of rotatable bonds is 3. The van der Waals surface area contributed by atoms with Crippen LogP contribution in [-0.4, -0.2) is 47.5 Å². The lowest BCUT2D eigenvalue weighted by Crippen LogP contribution is -2.47. The highest BCUT2D eigenvalue weighted by Crippen LogP contribution is 2.09. The second kappa shape index (κ2) is 4.01. The van der Waals surface area contributed by atoms with Gasteiger partial charge in [-0.1, -0.05) is 0 Å². The van der Waals surface area contributed by atoms with Gasteiger partial charge in [0.05, 0.1) is 13.7 Å². The molecular weight excluding hydrogens is 190 g/mol. The van der Waals surface area contributed by atoms with Crippen LogP contribution in [0.25, 0.3) is 0 Å². The van der Waals surface area contributed by atoms with Crippen LogP contribution in [0.5, 0.6) is 0 Å². The molecule has 0 aromatic rings. The van der Waals surface area contributed by atoms with Crippen LogP contribution in [0.15, 0.2) is 12.2 Å². The van der Waals surface area contributed by atoms with E-state index in [-0.39, 0.29) is 0 Å². The molecule has 1 aliphatic heterocycles. The zero-order valence-electron chi connectivity index (χ0n) is 7.47. The van der Waals surface area contributed by atoms with Gasteiger partial charge in [0, 0.05) is 12.2 Å². The third-order valence-corrected chi connectivity index (χ3v) is 1.80. The first kappa shape index (κ1) is 10.4. The Hall–Kier alpha value is -1.69. The van der Waals surface area contributed by atoms with E-state index < -0.39 is 30.4 Å². The van der Waals surface area contributed by atoms with E-state index in [1.54, 1.807) is 0 Å². The number of hydrogen-bond donors (Lipinski definition) is 1. The molecule has 0 aliphatic carbocycles. The fraction of sp³-hybridized carbons (Fsp3) is 0.375. The average Bonchev–Trinajstić information content (AvgIpc) is 2.50. The molecule has 6 nitrogen and oxygen atoms in total. The fourth-order valence-corrected chi connectivity index (χ4v) is 1.12. The SMILES string of the molecule is COC(=O)C(CO)N1C(=O)C=CC1=O. The van der Waals surface area contributed by atoms with Crippen molar-refractivity contribution in [2.45, 2.75) is 6.04 Å². The van der Waals surface area contributed by atoms with Crippen molar-refractivity contribution in [3.05, 3.63) is 12.2 Å². The third kappa shape index (κ3) is 1.64. The molecule has 0 bridgehead atoms. The van der Waals surface area contributed by atoms with Gasteiger partial charge in [-0.25, -0.2) is 4.79 Å². The van der Waals surface area contributed by atoms with E-state index in [0.717, 1.165) is 19.3 Å². The van der Waals surface area contributed by atoms with Gasteiger partial charge in [0.2, 0.25) is 0 Å². The molecule has 1 heterocycles. The van der Waals surface area contributed by atoms with E-state index in [1.807, 2.05) is 0 Å². The fourth-order valence-electron chi connectivity index (χ4n) is 1.12. The molecule has 14 heavy (non-hydrogen) atoms. The molecule has 76 valence electrons. The number of aliphatic hydroxyl groups is 1. The summed E-state index contributed by atoms with van der Waals surface area (Å²) in [7, 11) is 1.11. The molecule has 0 aromatic heterocycles. The van der Waals surface area contributed by atoms with E-state index in [2.05, 4.69) is 4.74 Å². The maximum Gasteiger partial charge on any atom is 0.331 e. The van der Waals surface area contributed by atoms with Gasteiger partial charge in [-0.05, 0) is 0 Å². The Morgan fingerprint density at radius 3 is 2.36 bits per heavy atom. The Balaban J connectivity index is 2.85. The number of hydrogen-bond acceptors (Lipinski definition) is 5. The number of carbonyl (C=O) groups is 3. The van der Waals surface area contributed by atoms with E-state index in [4.69, 9.17) is 5.11 Å². The summed E-state index contributed by atoms with van der Waals surface area (Å²) in [6.07, 6.45) is 2.07. The van der Waals surface area contributed by atoms with E-state index in [1.165, 1.54) is 0 Å². The van der Waals surface area contributed by atoms with Crippen LogP contribution >= 0.6 is 0 Å². The van der Waals surface area contributed by atoms with Gasteiger partial charge in [0.25, 0.3) is 11.8 Å². The van der Waals surface area contributed by atoms with Gasteiger partial charge in [-0.3, -0.25) is 14.5 Å². The molecule has 0 saturated heterocycles. The summed E-state index contributed by atoms with van der Waals surface area (Å²) < 4.78 is 4.34. The summed E-state index contributed by atoms with van der Waals surface area (Å²) in [4.78, 5) is 33.9. The average molecular weight is 199 g/mol. The Bertz CT molecular complexity index is 291. The summed E-state index contributed by atoms with van der Waals surface area (Å²) in [5.41, 5.74) is 0. The summed E-state index contributed by atoms with van der Waals surface area (Å²) in [5.74, 6) is -2.07. The quantitative estimate of drug-likeness (QED) is 0.439. The zero-order valence-corrected chi connectivity index (χ0v) is 7.47. The van der Waals surface area contributed by atoms with Gasteiger partial charge >= 0.3 is 5.97 Å². The first-order valence-electron chi connectivity index (χ1n) is 3.85. The van der Waals surface area contributed by atoms with Crippen LogP contribution in [0.1, 0.15) is 0 Å². The molecule has 0 fully saturated rings. The third-order valence-electron chi connectivity index (χ3n) is 1.80. The zero-order chi connectivity index (χ0) is 10.7. The molecule has 1 rings (SSSR count). The number of nitrogens with zero attached hydrogens (tertiary/aromatic N) is 1. The molecule has 0 aromatic carbocycles. The smallest absolute Gasteiger partial charge is 0.331 e. The maximum absolute atomic E-state index is 11.1. The molecule has 0 radical (unpaired) electrons. The topological polar surface area (TPSA) is 83.9 Å². The van der Waals surface area contributed by atoms with Crippen molar-refractivity contribution in [3.63, 3.8) is 0 Å². The number of ether oxygens (including phenoxy) is 1. The first-order valence-corrected chi connectivity index (χ1v) is 3.85. The highest BCUT2D eigenvalue weighted by Gasteiger charge is 2.35. The van der Waals surface area contributed by atoms with Gasteiger partial charge in [0.1, 0.15) is 0 Å². The van der Waals surface area contributed by atoms with Gasteiger partial charge in [-0.2, -0.15) is 0 Å². The number of esters is 1. The Kier molecular flexibility index (Phi) is 2.98. The minimum atomic E-state index is -1.25. The lowest BCUT2D eigenvalue weighted by Gasteiger charge is -2.21. The van der Waals surface area contributed by atoms with Gasteiger partial charge in [-0.15, -0.1) is 0 Å². The predicted octanol–water partition coefficient (Wildman–Crippen LogP) is -1.55. The first-order chi connectivity index (χ1) is 6.61. The van der Waals surface area contributed by atoms with Crippen molar-refractivity contribution in [2.75, 3.05) is 13.7 Å². The Labute approximate surface area is 79.8 Å². The molecule has 1 N–H and O–H groups in total. The Morgan fingerprint density at radius 1 is 1.50 bits per heavy atom. The normalized spacial score (nSPS) is 17.4. The summed E-state index contributed by atoms with van der Waals surface area (Å²) in [6, 6.07) is -1.25. The standard InChI is InChI=1S/C8H9NO5/c1-14-8(13)5(4-10)9-6(11)2-3-7(9)12/h2-3,5,10H,4H2,1H3. The van der Waals surface area contributed by atoms with Crippen LogP contribution < -0.4 is 0 Å². The molecular formula is C8H9NO5. The number of carbonyl (C=O) groups excluding carboxylic acids is 3. The Morgan fingerprint density at radius 2 is 2.00 bits per heavy atom. The number of imide groups is 1. The summed E-state index contributed by atoms with van der Waals surface area (Å²) in [5, 5.41) is 8.85. The molecule has 1 aliphatic rings. The van der Waals surface area contributed by atoms with Crippen LogP contribution in [0, 0.1) is 0 Å². The number of amides is 2. The summed E-state index contributed by atoms with van der Waals surface area (Å²) >= 11 is 0. The molecule has 0 saturated carbocycles. The second-order valence-electron chi connectivity index (χ2n) is 2.60. The minimum absolute atomic E-state index is 0.626. The number of methoxy groups -OCH3 is 1. The van der Waals surface area contributed by atoms with E-state index >= 15 is 0 Å². The largest absolute Gasteiger partial charge is 0.467 e. The van der Waals surface area contributed by atoms with Crippen molar-refractivity contribution in [1.29, 1.82) is 0 Å². The van der Waals surface area contributed by atoms with Crippen molar-refractivity contribution in [3.8, 4) is 0 Å². The monoisotopic (exact) mass is 199 g/mol. The van der Waals surface area contributed by atoms with Crippen molar-refractivity contribution in [1.82, 2.24) is 4.90 Å². The van der Waals surface area contributed by atoms with Crippen molar-refractivity contribution in [2.24, 2.45) is 0 Å². The molecule has 6 heteroatoms. The highest BCUT2D eigenvalue weighted by atomic mass is 16.5. The van der Waals surface area contributed by atoms with E-state index in [9.17, 15) is 14.4 Å². The predicted molar refractivity (Wildman–Crippen MR) is 43.9 cm³/mol. The second-order valence-corrected chi connectivity index (χ2v) is 2.60. The van der Waals surface area contributed by atoms with Crippen LogP contribution in [0.2, 0.25) is 0 Å². The van der Waals surface area contributed by atoms with Crippen LogP contribution in [0.3, 0.4) is 0 Å². The van der Waals surface area contributed by atoms with Gasteiger partial charge < -0.3 is 9.84 Å². The van der Waals surface area contributed by atoms with Crippen LogP contribution in [0.4, 0.5) is 0 Å². The molecule has 0 spiro atoms.